The van der Waals surface area contributed by atoms with Crippen LogP contribution in [0.25, 0.3) is 0 Å². The first-order valence-corrected chi connectivity index (χ1v) is 9.68. The van der Waals surface area contributed by atoms with Crippen LogP contribution < -0.4 is 4.74 Å². The van der Waals surface area contributed by atoms with Crippen molar-refractivity contribution in [3.8, 4) is 5.75 Å². The van der Waals surface area contributed by atoms with Gasteiger partial charge in [-0.25, -0.2) is 0 Å². The van der Waals surface area contributed by atoms with Crippen LogP contribution >= 0.6 is 11.3 Å². The third-order valence-electron chi connectivity index (χ3n) is 4.84. The molecule has 1 atom stereocenters. The van der Waals surface area contributed by atoms with Crippen molar-refractivity contribution in [3.05, 3.63) is 51.7 Å². The molecule has 1 aliphatic rings. The molecule has 1 aromatic heterocycles. The fourth-order valence-corrected chi connectivity index (χ4v) is 4.57. The van der Waals surface area contributed by atoms with Gasteiger partial charge >= 0.3 is 0 Å². The largest absolute Gasteiger partial charge is 0.496 e. The van der Waals surface area contributed by atoms with Crippen molar-refractivity contribution >= 4 is 17.2 Å². The van der Waals surface area contributed by atoms with Crippen molar-refractivity contribution in [2.45, 2.75) is 32.4 Å². The van der Waals surface area contributed by atoms with Crippen molar-refractivity contribution in [1.82, 2.24) is 9.80 Å². The number of thiophene rings is 1. The summed E-state index contributed by atoms with van der Waals surface area (Å²) in [5.41, 5.74) is 2.45. The van der Waals surface area contributed by atoms with Gasteiger partial charge in [0.25, 0.3) is 0 Å². The number of methoxy groups -OCH3 is 1. The third-order valence-corrected chi connectivity index (χ3v) is 5.84. The second-order valence-electron chi connectivity index (χ2n) is 6.54. The molecule has 4 nitrogen and oxygen atoms in total. The topological polar surface area (TPSA) is 32.8 Å². The van der Waals surface area contributed by atoms with E-state index in [1.54, 1.807) is 7.11 Å². The molecule has 134 valence electrons. The SMILES string of the molecule is CCC1c2ccsc2CCN1C(=O)CN(C)Cc1ccccc1OC. The summed E-state index contributed by atoms with van der Waals surface area (Å²) in [6.07, 6.45) is 1.94. The number of likely N-dealkylation sites (N-methyl/N-ethyl adjacent to an activating group) is 1. The lowest BCUT2D eigenvalue weighted by Gasteiger charge is -2.36. The van der Waals surface area contributed by atoms with E-state index >= 15 is 0 Å². The first-order chi connectivity index (χ1) is 12.1. The fraction of sp³-hybridized carbons (Fsp3) is 0.450. The summed E-state index contributed by atoms with van der Waals surface area (Å²) in [7, 11) is 3.67. The van der Waals surface area contributed by atoms with Crippen molar-refractivity contribution in [2.75, 3.05) is 27.2 Å². The first-order valence-electron chi connectivity index (χ1n) is 8.80. The van der Waals surface area contributed by atoms with Gasteiger partial charge < -0.3 is 9.64 Å². The minimum absolute atomic E-state index is 0.209. The van der Waals surface area contributed by atoms with Gasteiger partial charge in [0.1, 0.15) is 5.75 Å². The number of amides is 1. The summed E-state index contributed by atoms with van der Waals surface area (Å²) >= 11 is 1.82. The summed E-state index contributed by atoms with van der Waals surface area (Å²) in [6, 6.07) is 10.4. The molecule has 0 bridgehead atoms. The van der Waals surface area contributed by atoms with E-state index in [-0.39, 0.29) is 11.9 Å². The highest BCUT2D eigenvalue weighted by molar-refractivity contribution is 7.10. The maximum atomic E-state index is 12.9. The zero-order chi connectivity index (χ0) is 17.8. The molecule has 1 unspecified atom stereocenters. The molecule has 1 amide bonds. The molecule has 0 spiro atoms. The quantitative estimate of drug-likeness (QED) is 0.789. The summed E-state index contributed by atoms with van der Waals surface area (Å²) in [5.74, 6) is 1.08. The lowest BCUT2D eigenvalue weighted by atomic mass is 9.97. The van der Waals surface area contributed by atoms with Gasteiger partial charge in [-0.05, 0) is 43.0 Å². The molecule has 25 heavy (non-hydrogen) atoms. The van der Waals surface area contributed by atoms with Gasteiger partial charge in [-0.15, -0.1) is 11.3 Å². The number of ether oxygens (including phenoxy) is 1. The number of hydrogen-bond donors (Lipinski definition) is 0. The van der Waals surface area contributed by atoms with Gasteiger partial charge in [0, 0.05) is 23.5 Å². The molecular formula is C20H26N2O2S. The van der Waals surface area contributed by atoms with Crippen molar-refractivity contribution in [3.63, 3.8) is 0 Å². The Morgan fingerprint density at radius 2 is 2.16 bits per heavy atom. The molecule has 0 radical (unpaired) electrons. The molecule has 3 rings (SSSR count). The number of fused-ring (bicyclic) bond motifs is 1. The van der Waals surface area contributed by atoms with Crippen LogP contribution in [0.15, 0.2) is 35.7 Å². The van der Waals surface area contributed by atoms with Crippen LogP contribution in [0, 0.1) is 0 Å². The van der Waals surface area contributed by atoms with Crippen LogP contribution in [0.4, 0.5) is 0 Å². The van der Waals surface area contributed by atoms with Crippen LogP contribution in [0.2, 0.25) is 0 Å². The van der Waals surface area contributed by atoms with E-state index in [1.165, 1.54) is 10.4 Å². The number of rotatable bonds is 6. The van der Waals surface area contributed by atoms with Crippen LogP contribution in [0.3, 0.4) is 0 Å². The number of hydrogen-bond acceptors (Lipinski definition) is 4. The van der Waals surface area contributed by atoms with Crippen LogP contribution in [-0.2, 0) is 17.8 Å². The second-order valence-corrected chi connectivity index (χ2v) is 7.55. The lowest BCUT2D eigenvalue weighted by molar-refractivity contribution is -0.135. The van der Waals surface area contributed by atoms with Gasteiger partial charge in [-0.2, -0.15) is 0 Å². The minimum atomic E-state index is 0.209. The summed E-state index contributed by atoms with van der Waals surface area (Å²) < 4.78 is 5.41. The minimum Gasteiger partial charge on any atom is -0.496 e. The highest BCUT2D eigenvalue weighted by Gasteiger charge is 2.30. The van der Waals surface area contributed by atoms with Crippen molar-refractivity contribution in [1.29, 1.82) is 0 Å². The Hall–Kier alpha value is -1.85. The number of nitrogens with zero attached hydrogens (tertiary/aromatic N) is 2. The van der Waals surface area contributed by atoms with E-state index in [0.29, 0.717) is 13.1 Å². The Bertz CT molecular complexity index is 728. The maximum absolute atomic E-state index is 12.9. The van der Waals surface area contributed by atoms with Crippen LogP contribution in [-0.4, -0.2) is 43.0 Å². The molecule has 1 aromatic carbocycles. The zero-order valence-corrected chi connectivity index (χ0v) is 16.0. The Labute approximate surface area is 154 Å². The molecule has 0 saturated carbocycles. The van der Waals surface area contributed by atoms with Crippen molar-refractivity contribution < 1.29 is 9.53 Å². The predicted octanol–water partition coefficient (Wildman–Crippen LogP) is 3.72. The normalized spacial score (nSPS) is 16.8. The number of carbonyl (C=O) groups is 1. The average Bonchev–Trinajstić information content (AvgIpc) is 3.09. The van der Waals surface area contributed by atoms with E-state index in [9.17, 15) is 4.79 Å². The Morgan fingerprint density at radius 3 is 2.92 bits per heavy atom. The fourth-order valence-electron chi connectivity index (χ4n) is 3.64. The molecule has 0 saturated heterocycles. The van der Waals surface area contributed by atoms with Gasteiger partial charge in [0.15, 0.2) is 0 Å². The molecule has 0 aliphatic carbocycles. The summed E-state index contributed by atoms with van der Waals surface area (Å²) in [6.45, 7) is 4.11. The van der Waals surface area contributed by atoms with E-state index in [0.717, 1.165) is 30.7 Å². The average molecular weight is 359 g/mol. The summed E-state index contributed by atoms with van der Waals surface area (Å²) in [4.78, 5) is 18.5. The van der Waals surface area contributed by atoms with Gasteiger partial charge in [-0.1, -0.05) is 25.1 Å². The Kier molecular flexibility index (Phi) is 5.76. The molecule has 5 heteroatoms. The smallest absolute Gasteiger partial charge is 0.237 e. The first kappa shape index (κ1) is 18.0. The Balaban J connectivity index is 1.65. The third kappa shape index (κ3) is 3.88. The van der Waals surface area contributed by atoms with Crippen LogP contribution in [0.5, 0.6) is 5.75 Å². The van der Waals surface area contributed by atoms with E-state index in [4.69, 9.17) is 4.74 Å². The van der Waals surface area contributed by atoms with E-state index in [2.05, 4.69) is 28.2 Å². The molecule has 2 heterocycles. The zero-order valence-electron chi connectivity index (χ0n) is 15.2. The van der Waals surface area contributed by atoms with Gasteiger partial charge in [-0.3, -0.25) is 9.69 Å². The molecule has 2 aromatic rings. The molecule has 1 aliphatic heterocycles. The monoisotopic (exact) mass is 358 g/mol. The highest BCUT2D eigenvalue weighted by atomic mass is 32.1. The number of benzene rings is 1. The van der Waals surface area contributed by atoms with Gasteiger partial charge in [0.2, 0.25) is 5.91 Å². The summed E-state index contributed by atoms with van der Waals surface area (Å²) in [5, 5.41) is 2.15. The standard InChI is InChI=1S/C20H26N2O2S/c1-4-17-16-10-12-25-19(16)9-11-22(17)20(23)14-21(2)13-15-7-5-6-8-18(15)24-3/h5-8,10,12,17H,4,9,11,13-14H2,1-3H3. The number of para-hydroxylation sites is 1. The molecule has 0 fully saturated rings. The number of carbonyl (C=O) groups excluding carboxylic acids is 1. The van der Waals surface area contributed by atoms with E-state index in [1.807, 2.05) is 42.6 Å². The predicted molar refractivity (Wildman–Crippen MR) is 102 cm³/mol. The molecule has 0 N–H and O–H groups in total. The second kappa shape index (κ2) is 8.02. The highest BCUT2D eigenvalue weighted by Crippen LogP contribution is 2.35. The molecular weight excluding hydrogens is 332 g/mol. The van der Waals surface area contributed by atoms with Crippen LogP contribution in [0.1, 0.15) is 35.4 Å². The lowest BCUT2D eigenvalue weighted by Crippen LogP contribution is -2.44. The Morgan fingerprint density at radius 1 is 1.36 bits per heavy atom. The van der Waals surface area contributed by atoms with Gasteiger partial charge in [0.05, 0.1) is 19.7 Å². The maximum Gasteiger partial charge on any atom is 0.237 e. The van der Waals surface area contributed by atoms with E-state index < -0.39 is 0 Å². The van der Waals surface area contributed by atoms with Crippen molar-refractivity contribution in [2.24, 2.45) is 0 Å².